The monoisotopic (exact) mass is 278 g/mol. The van der Waals surface area contributed by atoms with Crippen molar-refractivity contribution in [1.29, 1.82) is 0 Å². The second-order valence-electron chi connectivity index (χ2n) is 5.30. The van der Waals surface area contributed by atoms with E-state index in [1.54, 1.807) is 12.1 Å². The van der Waals surface area contributed by atoms with Gasteiger partial charge < -0.3 is 5.32 Å². The molecule has 4 nitrogen and oxygen atoms in total. The zero-order chi connectivity index (χ0) is 15.0. The van der Waals surface area contributed by atoms with E-state index in [2.05, 4.69) is 19.2 Å². The van der Waals surface area contributed by atoms with E-state index < -0.39 is 0 Å². The van der Waals surface area contributed by atoms with Gasteiger partial charge >= 0.3 is 0 Å². The summed E-state index contributed by atoms with van der Waals surface area (Å²) in [6.07, 6.45) is 5.39. The Morgan fingerprint density at radius 3 is 2.60 bits per heavy atom. The summed E-state index contributed by atoms with van der Waals surface area (Å²) in [7, 11) is 0. The molecule has 1 aromatic carbocycles. The highest BCUT2D eigenvalue weighted by atomic mass is 16.6. The average molecular weight is 278 g/mol. The fourth-order valence-corrected chi connectivity index (χ4v) is 2.51. The second kappa shape index (κ2) is 8.69. The summed E-state index contributed by atoms with van der Waals surface area (Å²) in [5.41, 5.74) is 2.14. The lowest BCUT2D eigenvalue weighted by molar-refractivity contribution is -0.385. The molecule has 0 amide bonds. The molecule has 112 valence electrons. The van der Waals surface area contributed by atoms with Crippen molar-refractivity contribution in [3.05, 3.63) is 39.4 Å². The molecular weight excluding hydrogens is 252 g/mol. The van der Waals surface area contributed by atoms with E-state index in [1.165, 1.54) is 0 Å². The topological polar surface area (TPSA) is 55.2 Å². The van der Waals surface area contributed by atoms with Crippen LogP contribution in [0, 0.1) is 17.0 Å². The van der Waals surface area contributed by atoms with Crippen LogP contribution < -0.4 is 5.32 Å². The Hall–Kier alpha value is -1.42. The highest BCUT2D eigenvalue weighted by molar-refractivity contribution is 5.44. The maximum atomic E-state index is 10.9. The maximum absolute atomic E-state index is 10.9. The van der Waals surface area contributed by atoms with E-state index in [4.69, 9.17) is 0 Å². The van der Waals surface area contributed by atoms with E-state index in [1.807, 2.05) is 13.0 Å². The summed E-state index contributed by atoms with van der Waals surface area (Å²) >= 11 is 0. The van der Waals surface area contributed by atoms with Crippen LogP contribution in [0.2, 0.25) is 0 Å². The van der Waals surface area contributed by atoms with Gasteiger partial charge in [0.25, 0.3) is 5.69 Å². The number of nitro groups is 1. The number of nitro benzene ring substituents is 1. The Labute approximate surface area is 121 Å². The minimum Gasteiger partial charge on any atom is -0.314 e. The number of nitrogens with zero attached hydrogens (tertiary/aromatic N) is 1. The molecular formula is C16H26N2O2. The van der Waals surface area contributed by atoms with Gasteiger partial charge in [0.05, 0.1) is 4.92 Å². The number of hydrogen-bond acceptors (Lipinski definition) is 3. The Balaban J connectivity index is 2.67. The Kier molecular flexibility index (Phi) is 7.23. The van der Waals surface area contributed by atoms with E-state index in [9.17, 15) is 10.1 Å². The normalized spacial score (nSPS) is 12.3. The molecule has 0 bridgehead atoms. The quantitative estimate of drug-likeness (QED) is 0.548. The van der Waals surface area contributed by atoms with Crippen LogP contribution in [0.5, 0.6) is 0 Å². The number of hydrogen-bond donors (Lipinski definition) is 1. The third kappa shape index (κ3) is 4.93. The van der Waals surface area contributed by atoms with Gasteiger partial charge in [-0.25, -0.2) is 0 Å². The predicted molar refractivity (Wildman–Crippen MR) is 83.1 cm³/mol. The number of benzene rings is 1. The van der Waals surface area contributed by atoms with Gasteiger partial charge in [-0.05, 0) is 44.7 Å². The van der Waals surface area contributed by atoms with Crippen molar-refractivity contribution in [3.8, 4) is 0 Å². The molecule has 1 unspecified atom stereocenters. The Bertz CT molecular complexity index is 432. The van der Waals surface area contributed by atoms with Crippen molar-refractivity contribution >= 4 is 5.69 Å². The molecule has 0 saturated heterocycles. The first-order valence-corrected chi connectivity index (χ1v) is 7.56. The van der Waals surface area contributed by atoms with Gasteiger partial charge in [0.1, 0.15) is 0 Å². The van der Waals surface area contributed by atoms with Gasteiger partial charge in [-0.1, -0.05) is 32.4 Å². The predicted octanol–water partition coefficient (Wildman–Crippen LogP) is 4.00. The molecule has 4 heteroatoms. The van der Waals surface area contributed by atoms with Crippen LogP contribution in [0.3, 0.4) is 0 Å². The van der Waals surface area contributed by atoms with Crippen LogP contribution in [0.25, 0.3) is 0 Å². The van der Waals surface area contributed by atoms with Crippen LogP contribution in [0.15, 0.2) is 18.2 Å². The molecule has 1 rings (SSSR count). The van der Waals surface area contributed by atoms with Crippen LogP contribution in [0.1, 0.15) is 50.7 Å². The second-order valence-corrected chi connectivity index (χ2v) is 5.30. The minimum absolute atomic E-state index is 0.232. The smallest absolute Gasteiger partial charge is 0.272 e. The van der Waals surface area contributed by atoms with Crippen molar-refractivity contribution in [3.63, 3.8) is 0 Å². The molecule has 1 N–H and O–H groups in total. The molecule has 0 saturated carbocycles. The summed E-state index contributed by atoms with van der Waals surface area (Å²) in [5, 5.41) is 14.5. The van der Waals surface area contributed by atoms with Crippen molar-refractivity contribution in [2.75, 3.05) is 6.54 Å². The summed E-state index contributed by atoms with van der Waals surface area (Å²) in [5.74, 6) is 0. The first kappa shape index (κ1) is 16.6. The molecule has 0 aliphatic rings. The molecule has 1 atom stereocenters. The molecule has 0 aliphatic heterocycles. The Morgan fingerprint density at radius 2 is 2.00 bits per heavy atom. The summed E-state index contributed by atoms with van der Waals surface area (Å²) < 4.78 is 0. The summed E-state index contributed by atoms with van der Waals surface area (Å²) in [4.78, 5) is 10.7. The first-order chi connectivity index (χ1) is 9.60. The van der Waals surface area contributed by atoms with Gasteiger partial charge in [-0.2, -0.15) is 0 Å². The molecule has 0 heterocycles. The fourth-order valence-electron chi connectivity index (χ4n) is 2.51. The maximum Gasteiger partial charge on any atom is 0.272 e. The van der Waals surface area contributed by atoms with Gasteiger partial charge in [0.15, 0.2) is 0 Å². The van der Waals surface area contributed by atoms with E-state index in [0.29, 0.717) is 6.04 Å². The molecule has 0 radical (unpaired) electrons. The zero-order valence-electron chi connectivity index (χ0n) is 12.8. The molecule has 0 fully saturated rings. The van der Waals surface area contributed by atoms with E-state index in [0.717, 1.165) is 49.8 Å². The molecule has 20 heavy (non-hydrogen) atoms. The SMILES string of the molecule is CCCNC(CCC)CCc1cccc([N+](=O)[O-])c1C. The van der Waals surface area contributed by atoms with Gasteiger partial charge in [0, 0.05) is 17.7 Å². The lowest BCUT2D eigenvalue weighted by Gasteiger charge is -2.18. The summed E-state index contributed by atoms with van der Waals surface area (Å²) in [6, 6.07) is 5.89. The van der Waals surface area contributed by atoms with Gasteiger partial charge in [0.2, 0.25) is 0 Å². The van der Waals surface area contributed by atoms with Crippen molar-refractivity contribution in [2.45, 2.75) is 58.9 Å². The number of rotatable bonds is 9. The molecule has 0 spiro atoms. The summed E-state index contributed by atoms with van der Waals surface area (Å²) in [6.45, 7) is 7.25. The number of nitrogens with one attached hydrogen (secondary N) is 1. The van der Waals surface area contributed by atoms with Crippen LogP contribution >= 0.6 is 0 Å². The standard InChI is InChI=1S/C16H26N2O2/c1-4-7-15(17-12-5-2)11-10-14-8-6-9-16(13(14)3)18(19)20/h6,8-9,15,17H,4-5,7,10-12H2,1-3H3. The first-order valence-electron chi connectivity index (χ1n) is 7.56. The molecule has 0 aromatic heterocycles. The third-order valence-electron chi connectivity index (χ3n) is 3.70. The van der Waals surface area contributed by atoms with Crippen LogP contribution in [0.4, 0.5) is 5.69 Å². The average Bonchev–Trinajstić information content (AvgIpc) is 2.42. The van der Waals surface area contributed by atoms with E-state index in [-0.39, 0.29) is 10.6 Å². The van der Waals surface area contributed by atoms with E-state index >= 15 is 0 Å². The van der Waals surface area contributed by atoms with Gasteiger partial charge in [-0.15, -0.1) is 0 Å². The largest absolute Gasteiger partial charge is 0.314 e. The van der Waals surface area contributed by atoms with Gasteiger partial charge in [-0.3, -0.25) is 10.1 Å². The van der Waals surface area contributed by atoms with Crippen molar-refractivity contribution < 1.29 is 4.92 Å². The third-order valence-corrected chi connectivity index (χ3v) is 3.70. The number of aryl methyl sites for hydroxylation is 1. The fraction of sp³-hybridized carbons (Fsp3) is 0.625. The zero-order valence-corrected chi connectivity index (χ0v) is 12.8. The Morgan fingerprint density at radius 1 is 1.25 bits per heavy atom. The van der Waals surface area contributed by atoms with Crippen LogP contribution in [-0.2, 0) is 6.42 Å². The van der Waals surface area contributed by atoms with Crippen LogP contribution in [-0.4, -0.2) is 17.5 Å². The minimum atomic E-state index is -0.294. The lowest BCUT2D eigenvalue weighted by Crippen LogP contribution is -2.30. The highest BCUT2D eigenvalue weighted by Gasteiger charge is 2.14. The van der Waals surface area contributed by atoms with Crippen molar-refractivity contribution in [2.24, 2.45) is 0 Å². The highest BCUT2D eigenvalue weighted by Crippen LogP contribution is 2.22. The molecule has 1 aromatic rings. The lowest BCUT2D eigenvalue weighted by atomic mass is 9.98. The molecule has 0 aliphatic carbocycles. The van der Waals surface area contributed by atoms with Crippen molar-refractivity contribution in [1.82, 2.24) is 5.32 Å².